The molecular formula is C11H19F3N2O. The van der Waals surface area contributed by atoms with Crippen LogP contribution in [0.2, 0.25) is 0 Å². The molecule has 1 atom stereocenters. The molecule has 1 aliphatic rings. The van der Waals surface area contributed by atoms with E-state index in [1.165, 1.54) is 4.90 Å². The molecule has 17 heavy (non-hydrogen) atoms. The number of carbonyl (C=O) groups excluding carboxylic acids is 1. The number of rotatable bonds is 3. The zero-order valence-corrected chi connectivity index (χ0v) is 10.2. The molecule has 100 valence electrons. The van der Waals surface area contributed by atoms with E-state index in [0.717, 1.165) is 6.42 Å². The number of nitrogens with one attached hydrogen (secondary N) is 1. The molecule has 1 rings (SSSR count). The van der Waals surface area contributed by atoms with Crippen LogP contribution >= 0.6 is 0 Å². The molecule has 0 aromatic rings. The number of alkyl halides is 3. The van der Waals surface area contributed by atoms with Gasteiger partial charge in [-0.05, 0) is 12.3 Å². The van der Waals surface area contributed by atoms with E-state index in [4.69, 9.17) is 0 Å². The van der Waals surface area contributed by atoms with Crippen molar-refractivity contribution in [1.82, 2.24) is 10.2 Å². The lowest BCUT2D eigenvalue weighted by Crippen LogP contribution is -2.58. The van der Waals surface area contributed by atoms with Crippen LogP contribution in [0, 0.1) is 5.92 Å². The molecule has 0 saturated carbocycles. The van der Waals surface area contributed by atoms with Crippen LogP contribution in [0.3, 0.4) is 0 Å². The Morgan fingerprint density at radius 1 is 1.47 bits per heavy atom. The summed E-state index contributed by atoms with van der Waals surface area (Å²) in [4.78, 5) is 13.0. The monoisotopic (exact) mass is 252 g/mol. The summed E-state index contributed by atoms with van der Waals surface area (Å²) >= 11 is 0. The average Bonchev–Trinajstić information content (AvgIpc) is 2.25. The first-order chi connectivity index (χ1) is 7.80. The Kier molecular flexibility index (Phi) is 4.80. The Morgan fingerprint density at radius 2 is 2.12 bits per heavy atom. The summed E-state index contributed by atoms with van der Waals surface area (Å²) in [5, 5.41) is 2.39. The molecule has 0 spiro atoms. The van der Waals surface area contributed by atoms with Crippen molar-refractivity contribution in [3.8, 4) is 0 Å². The summed E-state index contributed by atoms with van der Waals surface area (Å²) in [5.41, 5.74) is 0. The Labute approximate surface area is 99.4 Å². The minimum atomic E-state index is -4.28. The molecule has 1 amide bonds. The molecule has 6 heteroatoms. The molecule has 0 aromatic carbocycles. The normalized spacial score (nSPS) is 22.0. The van der Waals surface area contributed by atoms with Crippen LogP contribution in [0.4, 0.5) is 13.2 Å². The predicted molar refractivity (Wildman–Crippen MR) is 58.5 cm³/mol. The second kappa shape index (κ2) is 5.71. The van der Waals surface area contributed by atoms with Crippen LogP contribution in [0.15, 0.2) is 0 Å². The predicted octanol–water partition coefficient (Wildman–Crippen LogP) is 1.79. The summed E-state index contributed by atoms with van der Waals surface area (Å²) in [6.45, 7) is 4.29. The molecule has 1 N–H and O–H groups in total. The largest absolute Gasteiger partial charge is 0.405 e. The van der Waals surface area contributed by atoms with Crippen molar-refractivity contribution >= 4 is 5.91 Å². The molecule has 3 nitrogen and oxygen atoms in total. The highest BCUT2D eigenvalue weighted by atomic mass is 19.4. The minimum absolute atomic E-state index is 0.172. The number of amides is 1. The maximum atomic E-state index is 12.5. The molecule has 1 fully saturated rings. The fourth-order valence-corrected chi connectivity index (χ4v) is 1.77. The van der Waals surface area contributed by atoms with Crippen LogP contribution < -0.4 is 5.32 Å². The molecular weight excluding hydrogens is 233 g/mol. The smallest absolute Gasteiger partial charge is 0.340 e. The maximum absolute atomic E-state index is 12.5. The topological polar surface area (TPSA) is 32.3 Å². The van der Waals surface area contributed by atoms with Crippen LogP contribution in [-0.2, 0) is 4.79 Å². The molecule has 0 radical (unpaired) electrons. The summed E-state index contributed by atoms with van der Waals surface area (Å²) in [7, 11) is 0. The molecule has 0 aromatic heterocycles. The van der Waals surface area contributed by atoms with Crippen LogP contribution in [0.25, 0.3) is 0 Å². The quantitative estimate of drug-likeness (QED) is 0.830. The van der Waals surface area contributed by atoms with Crippen molar-refractivity contribution < 1.29 is 18.0 Å². The number of nitrogens with zero attached hydrogens (tertiary/aromatic N) is 1. The lowest BCUT2D eigenvalue weighted by atomic mass is 10.1. The van der Waals surface area contributed by atoms with Crippen LogP contribution in [0.1, 0.15) is 26.7 Å². The maximum Gasteiger partial charge on any atom is 0.405 e. The van der Waals surface area contributed by atoms with E-state index >= 15 is 0 Å². The first-order valence-corrected chi connectivity index (χ1v) is 5.88. The van der Waals surface area contributed by atoms with Gasteiger partial charge in [0.05, 0.1) is 0 Å². The van der Waals surface area contributed by atoms with E-state index in [0.29, 0.717) is 18.9 Å². The summed E-state index contributed by atoms with van der Waals surface area (Å²) in [6.07, 6.45) is -3.22. The second-order valence-corrected chi connectivity index (χ2v) is 4.82. The molecule has 1 heterocycles. The van der Waals surface area contributed by atoms with Crippen molar-refractivity contribution in [2.75, 3.05) is 19.6 Å². The van der Waals surface area contributed by atoms with Gasteiger partial charge in [-0.15, -0.1) is 0 Å². The molecule has 1 saturated heterocycles. The first kappa shape index (κ1) is 14.3. The third-order valence-electron chi connectivity index (χ3n) is 2.86. The van der Waals surface area contributed by atoms with Gasteiger partial charge in [-0.25, -0.2) is 0 Å². The fourth-order valence-electron chi connectivity index (χ4n) is 1.77. The average molecular weight is 252 g/mol. The Hall–Kier alpha value is -0.780. The highest BCUT2D eigenvalue weighted by Crippen LogP contribution is 2.22. The summed E-state index contributed by atoms with van der Waals surface area (Å²) in [6, 6.07) is -1.58. The number of halogens is 3. The number of hydrogen-bond donors (Lipinski definition) is 1. The zero-order chi connectivity index (χ0) is 13.1. The van der Waals surface area contributed by atoms with Gasteiger partial charge >= 0.3 is 6.18 Å². The standard InChI is InChI=1S/C11H19F3N2O/c1-8(2)3-4-10(17)16-6-5-15-9(7-16)11(12,13)14/h8-9,15H,3-7H2,1-2H3. The van der Waals surface area contributed by atoms with E-state index in [9.17, 15) is 18.0 Å². The van der Waals surface area contributed by atoms with Crippen molar-refractivity contribution in [2.45, 2.75) is 38.9 Å². The first-order valence-electron chi connectivity index (χ1n) is 5.88. The molecule has 0 aliphatic carbocycles. The van der Waals surface area contributed by atoms with E-state index in [-0.39, 0.29) is 19.0 Å². The van der Waals surface area contributed by atoms with E-state index in [1.807, 2.05) is 13.8 Å². The minimum Gasteiger partial charge on any atom is -0.340 e. The molecule has 1 aliphatic heterocycles. The van der Waals surface area contributed by atoms with Gasteiger partial charge in [0.15, 0.2) is 0 Å². The highest BCUT2D eigenvalue weighted by molar-refractivity contribution is 5.76. The van der Waals surface area contributed by atoms with Gasteiger partial charge < -0.3 is 10.2 Å². The fraction of sp³-hybridized carbons (Fsp3) is 0.909. The van der Waals surface area contributed by atoms with Gasteiger partial charge in [0.25, 0.3) is 0 Å². The van der Waals surface area contributed by atoms with Gasteiger partial charge in [-0.2, -0.15) is 13.2 Å². The molecule has 0 bridgehead atoms. The van der Waals surface area contributed by atoms with E-state index in [1.54, 1.807) is 0 Å². The van der Waals surface area contributed by atoms with Gasteiger partial charge in [0, 0.05) is 26.1 Å². The summed E-state index contributed by atoms with van der Waals surface area (Å²) in [5.74, 6) is 0.217. The van der Waals surface area contributed by atoms with Crippen molar-refractivity contribution in [3.05, 3.63) is 0 Å². The van der Waals surface area contributed by atoms with E-state index in [2.05, 4.69) is 5.32 Å². The van der Waals surface area contributed by atoms with Gasteiger partial charge in [0.1, 0.15) is 6.04 Å². The zero-order valence-electron chi connectivity index (χ0n) is 10.2. The third-order valence-corrected chi connectivity index (χ3v) is 2.86. The summed E-state index contributed by atoms with van der Waals surface area (Å²) < 4.78 is 37.5. The van der Waals surface area contributed by atoms with Gasteiger partial charge in [-0.1, -0.05) is 13.8 Å². The Balaban J connectivity index is 2.46. The Bertz CT molecular complexity index is 266. The van der Waals surface area contributed by atoms with Crippen LogP contribution in [-0.4, -0.2) is 42.7 Å². The SMILES string of the molecule is CC(C)CCC(=O)N1CCNC(C(F)(F)F)C1. The van der Waals surface area contributed by atoms with Crippen molar-refractivity contribution in [2.24, 2.45) is 5.92 Å². The van der Waals surface area contributed by atoms with Gasteiger partial charge in [0.2, 0.25) is 5.91 Å². The second-order valence-electron chi connectivity index (χ2n) is 4.82. The van der Waals surface area contributed by atoms with Crippen molar-refractivity contribution in [3.63, 3.8) is 0 Å². The highest BCUT2D eigenvalue weighted by Gasteiger charge is 2.42. The number of hydrogen-bond acceptors (Lipinski definition) is 2. The third kappa shape index (κ3) is 4.53. The van der Waals surface area contributed by atoms with Crippen LogP contribution in [0.5, 0.6) is 0 Å². The van der Waals surface area contributed by atoms with Crippen molar-refractivity contribution in [1.29, 1.82) is 0 Å². The number of piperazine rings is 1. The lowest BCUT2D eigenvalue weighted by Gasteiger charge is -2.34. The molecule has 1 unspecified atom stereocenters. The van der Waals surface area contributed by atoms with E-state index < -0.39 is 12.2 Å². The number of carbonyl (C=O) groups is 1. The Morgan fingerprint density at radius 3 is 2.65 bits per heavy atom. The lowest BCUT2D eigenvalue weighted by molar-refractivity contribution is -0.168. The van der Waals surface area contributed by atoms with Gasteiger partial charge in [-0.3, -0.25) is 4.79 Å².